The third-order valence-corrected chi connectivity index (χ3v) is 3.49. The molecule has 0 bridgehead atoms. The van der Waals surface area contributed by atoms with Gasteiger partial charge in [-0.1, -0.05) is 22.0 Å². The second-order valence-corrected chi connectivity index (χ2v) is 4.74. The molecule has 0 aliphatic rings. The van der Waals surface area contributed by atoms with Gasteiger partial charge in [-0.05, 0) is 24.6 Å². The Morgan fingerprint density at radius 2 is 2.19 bits per heavy atom. The summed E-state index contributed by atoms with van der Waals surface area (Å²) in [6, 6.07) is 5.86. The van der Waals surface area contributed by atoms with E-state index in [4.69, 9.17) is 5.11 Å². The van der Waals surface area contributed by atoms with E-state index in [9.17, 15) is 4.79 Å². The Labute approximate surface area is 102 Å². The molecule has 1 heterocycles. The highest BCUT2D eigenvalue weighted by Crippen LogP contribution is 2.32. The molecule has 3 nitrogen and oxygen atoms in total. The molecule has 2 aromatic rings. The third kappa shape index (κ3) is 1.63. The Morgan fingerprint density at radius 3 is 2.81 bits per heavy atom. The number of carboxylic acid groups (broad SMARTS) is 1. The quantitative estimate of drug-likeness (QED) is 0.919. The zero-order valence-electron chi connectivity index (χ0n) is 9.07. The fraction of sp³-hybridized carbons (Fsp3) is 0.250. The molecule has 1 aromatic heterocycles. The number of carbonyl (C=O) groups is 1. The van der Waals surface area contributed by atoms with Crippen LogP contribution in [0.4, 0.5) is 0 Å². The molecule has 0 aliphatic heterocycles. The second-order valence-electron chi connectivity index (χ2n) is 3.89. The van der Waals surface area contributed by atoms with Gasteiger partial charge in [0.2, 0.25) is 0 Å². The molecule has 4 heteroatoms. The normalized spacial score (nSPS) is 12.9. The highest BCUT2D eigenvalue weighted by Gasteiger charge is 2.20. The minimum absolute atomic E-state index is 0.498. The Kier molecular flexibility index (Phi) is 2.76. The zero-order chi connectivity index (χ0) is 11.9. The van der Waals surface area contributed by atoms with E-state index in [0.717, 1.165) is 20.9 Å². The summed E-state index contributed by atoms with van der Waals surface area (Å²) in [6.07, 6.45) is 1.88. The van der Waals surface area contributed by atoms with Gasteiger partial charge < -0.3 is 9.67 Å². The first-order valence-corrected chi connectivity index (χ1v) is 5.78. The van der Waals surface area contributed by atoms with Crippen molar-refractivity contribution < 1.29 is 9.90 Å². The van der Waals surface area contributed by atoms with Crippen LogP contribution >= 0.6 is 15.9 Å². The van der Waals surface area contributed by atoms with Gasteiger partial charge in [0, 0.05) is 28.6 Å². The highest BCUT2D eigenvalue weighted by molar-refractivity contribution is 9.10. The first kappa shape index (κ1) is 11.2. The summed E-state index contributed by atoms with van der Waals surface area (Å²) in [5.74, 6) is -1.30. The number of fused-ring (bicyclic) bond motifs is 1. The number of hydrogen-bond donors (Lipinski definition) is 1. The lowest BCUT2D eigenvalue weighted by atomic mass is 10.0. The number of benzene rings is 1. The van der Waals surface area contributed by atoms with Gasteiger partial charge in [0.25, 0.3) is 0 Å². The van der Waals surface area contributed by atoms with Crippen LogP contribution in [0.5, 0.6) is 0 Å². The van der Waals surface area contributed by atoms with Crippen LogP contribution in [-0.4, -0.2) is 15.6 Å². The number of aromatic nitrogens is 1. The van der Waals surface area contributed by atoms with Crippen LogP contribution in [0.3, 0.4) is 0 Å². The predicted molar refractivity (Wildman–Crippen MR) is 66.7 cm³/mol. The van der Waals surface area contributed by atoms with E-state index in [1.54, 1.807) is 6.92 Å². The molecule has 1 atom stereocenters. The Hall–Kier alpha value is -1.29. The third-order valence-electron chi connectivity index (χ3n) is 2.83. The van der Waals surface area contributed by atoms with Crippen LogP contribution in [-0.2, 0) is 11.8 Å². The van der Waals surface area contributed by atoms with Crippen molar-refractivity contribution in [3.63, 3.8) is 0 Å². The molecule has 0 radical (unpaired) electrons. The largest absolute Gasteiger partial charge is 0.481 e. The SMILES string of the molecule is CC(C(=O)O)c1cn(C)c2cccc(Br)c12. The number of aryl methyl sites for hydroxylation is 1. The first-order chi connectivity index (χ1) is 7.52. The molecular formula is C12H12BrNO2. The molecule has 84 valence electrons. The van der Waals surface area contributed by atoms with Gasteiger partial charge in [-0.25, -0.2) is 0 Å². The molecule has 0 aliphatic carbocycles. The van der Waals surface area contributed by atoms with Gasteiger partial charge in [-0.3, -0.25) is 4.79 Å². The minimum atomic E-state index is -0.803. The predicted octanol–water partition coefficient (Wildman–Crippen LogP) is 3.13. The molecule has 1 aromatic carbocycles. The Balaban J connectivity index is 2.76. The fourth-order valence-electron chi connectivity index (χ4n) is 1.90. The average molecular weight is 282 g/mol. The molecule has 2 rings (SSSR count). The van der Waals surface area contributed by atoms with Crippen molar-refractivity contribution in [2.75, 3.05) is 0 Å². The summed E-state index contributed by atoms with van der Waals surface area (Å²) < 4.78 is 2.89. The van der Waals surface area contributed by atoms with Crippen LogP contribution in [0.25, 0.3) is 10.9 Å². The second kappa shape index (κ2) is 3.94. The van der Waals surface area contributed by atoms with Crippen LogP contribution in [0.1, 0.15) is 18.4 Å². The van der Waals surface area contributed by atoms with E-state index in [-0.39, 0.29) is 0 Å². The van der Waals surface area contributed by atoms with Crippen LogP contribution in [0.2, 0.25) is 0 Å². The van der Waals surface area contributed by atoms with Crippen molar-refractivity contribution in [3.8, 4) is 0 Å². The molecule has 0 saturated heterocycles. The lowest BCUT2D eigenvalue weighted by Crippen LogP contribution is -2.06. The molecule has 0 fully saturated rings. The van der Waals surface area contributed by atoms with Crippen molar-refractivity contribution in [1.29, 1.82) is 0 Å². The molecule has 0 amide bonds. The van der Waals surface area contributed by atoms with E-state index >= 15 is 0 Å². The lowest BCUT2D eigenvalue weighted by molar-refractivity contribution is -0.138. The van der Waals surface area contributed by atoms with Gasteiger partial charge in [-0.2, -0.15) is 0 Å². The zero-order valence-corrected chi connectivity index (χ0v) is 10.7. The van der Waals surface area contributed by atoms with Crippen molar-refractivity contribution in [1.82, 2.24) is 4.57 Å². The van der Waals surface area contributed by atoms with E-state index in [0.29, 0.717) is 0 Å². The smallest absolute Gasteiger partial charge is 0.310 e. The maximum atomic E-state index is 11.0. The number of nitrogens with zero attached hydrogens (tertiary/aromatic N) is 1. The average Bonchev–Trinajstić information content (AvgIpc) is 2.57. The molecule has 0 saturated carbocycles. The minimum Gasteiger partial charge on any atom is -0.481 e. The number of rotatable bonds is 2. The van der Waals surface area contributed by atoms with Crippen molar-refractivity contribution >= 4 is 32.8 Å². The van der Waals surface area contributed by atoms with Gasteiger partial charge in [-0.15, -0.1) is 0 Å². The van der Waals surface area contributed by atoms with Crippen LogP contribution in [0.15, 0.2) is 28.9 Å². The molecule has 1 unspecified atom stereocenters. The summed E-state index contributed by atoms with van der Waals surface area (Å²) >= 11 is 3.47. The fourth-order valence-corrected chi connectivity index (χ4v) is 2.48. The topological polar surface area (TPSA) is 42.2 Å². The summed E-state index contributed by atoms with van der Waals surface area (Å²) in [5.41, 5.74) is 1.88. The summed E-state index contributed by atoms with van der Waals surface area (Å²) in [4.78, 5) is 11.0. The van der Waals surface area contributed by atoms with Gasteiger partial charge >= 0.3 is 5.97 Å². The summed E-state index contributed by atoms with van der Waals surface area (Å²) in [6.45, 7) is 1.70. The number of aliphatic carboxylic acids is 1. The van der Waals surface area contributed by atoms with Gasteiger partial charge in [0.1, 0.15) is 0 Å². The van der Waals surface area contributed by atoms with E-state index < -0.39 is 11.9 Å². The summed E-state index contributed by atoms with van der Waals surface area (Å²) in [5, 5.41) is 10.1. The van der Waals surface area contributed by atoms with E-state index in [1.807, 2.05) is 36.0 Å². The van der Waals surface area contributed by atoms with E-state index in [1.165, 1.54) is 0 Å². The molecule has 16 heavy (non-hydrogen) atoms. The first-order valence-electron chi connectivity index (χ1n) is 4.98. The lowest BCUT2D eigenvalue weighted by Gasteiger charge is -2.05. The number of hydrogen-bond acceptors (Lipinski definition) is 1. The van der Waals surface area contributed by atoms with Crippen molar-refractivity contribution in [3.05, 3.63) is 34.4 Å². The maximum Gasteiger partial charge on any atom is 0.310 e. The Bertz CT molecular complexity index is 559. The van der Waals surface area contributed by atoms with Crippen LogP contribution in [0, 0.1) is 0 Å². The van der Waals surface area contributed by atoms with Crippen molar-refractivity contribution in [2.24, 2.45) is 7.05 Å². The highest BCUT2D eigenvalue weighted by atomic mass is 79.9. The maximum absolute atomic E-state index is 11.0. The molecule has 1 N–H and O–H groups in total. The monoisotopic (exact) mass is 281 g/mol. The summed E-state index contributed by atoms with van der Waals surface area (Å²) in [7, 11) is 1.92. The van der Waals surface area contributed by atoms with Crippen molar-refractivity contribution in [2.45, 2.75) is 12.8 Å². The number of halogens is 1. The number of carboxylic acids is 1. The van der Waals surface area contributed by atoms with Crippen LogP contribution < -0.4 is 0 Å². The van der Waals surface area contributed by atoms with Gasteiger partial charge in [0.15, 0.2) is 0 Å². The molecule has 0 spiro atoms. The molecular weight excluding hydrogens is 270 g/mol. The standard InChI is InChI=1S/C12H12BrNO2/c1-7(12(15)16)8-6-14(2)10-5-3-4-9(13)11(8)10/h3-7H,1-2H3,(H,15,16). The van der Waals surface area contributed by atoms with Gasteiger partial charge in [0.05, 0.1) is 5.92 Å². The Morgan fingerprint density at radius 1 is 1.50 bits per heavy atom. The van der Waals surface area contributed by atoms with E-state index in [2.05, 4.69) is 15.9 Å².